The van der Waals surface area contributed by atoms with Crippen LogP contribution in [0.25, 0.3) is 0 Å². The lowest BCUT2D eigenvalue weighted by atomic mass is 10.3. The number of nitrogens with zero attached hydrogens (tertiary/aromatic N) is 2. The monoisotopic (exact) mass is 230 g/mol. The summed E-state index contributed by atoms with van der Waals surface area (Å²) in [6, 6.07) is 0. The second kappa shape index (κ2) is 5.16. The van der Waals surface area contributed by atoms with Crippen molar-refractivity contribution >= 4 is 17.6 Å². The smallest absolute Gasteiger partial charge is 0.358 e. The largest absolute Gasteiger partial charge is 0.461 e. The van der Waals surface area contributed by atoms with Crippen LogP contribution in [0.1, 0.15) is 37.0 Å². The van der Waals surface area contributed by atoms with Crippen LogP contribution >= 0.6 is 11.6 Å². The average molecular weight is 231 g/mol. The minimum Gasteiger partial charge on any atom is -0.461 e. The van der Waals surface area contributed by atoms with Crippen molar-refractivity contribution in [3.8, 4) is 0 Å². The summed E-state index contributed by atoms with van der Waals surface area (Å²) in [5.74, 6) is -0.406. The van der Waals surface area contributed by atoms with Gasteiger partial charge in [0.2, 0.25) is 0 Å². The summed E-state index contributed by atoms with van der Waals surface area (Å²) in [5.41, 5.74) is 1.10. The number of rotatable bonds is 4. The molecule has 1 aromatic heterocycles. The second-order valence-corrected chi connectivity index (χ2v) is 3.38. The normalized spacial score (nSPS) is 10.4. The van der Waals surface area contributed by atoms with Gasteiger partial charge in [-0.1, -0.05) is 18.5 Å². The summed E-state index contributed by atoms with van der Waals surface area (Å²) >= 11 is 6.05. The quantitative estimate of drug-likeness (QED) is 0.746. The highest BCUT2D eigenvalue weighted by molar-refractivity contribution is 6.34. The molecule has 0 radical (unpaired) electrons. The Morgan fingerprint density at radius 3 is 2.60 bits per heavy atom. The number of hydrogen-bond donors (Lipinski definition) is 0. The predicted molar refractivity (Wildman–Crippen MR) is 58.2 cm³/mol. The first-order chi connectivity index (χ1) is 7.15. The summed E-state index contributed by atoms with van der Waals surface area (Å²) in [5, 5.41) is 4.65. The molecule has 0 N–H and O–H groups in total. The highest BCUT2D eigenvalue weighted by Crippen LogP contribution is 2.22. The molecule has 0 amide bonds. The molecule has 0 fully saturated rings. The minimum absolute atomic E-state index is 0.339. The molecule has 0 aliphatic rings. The molecular weight excluding hydrogens is 216 g/mol. The summed E-state index contributed by atoms with van der Waals surface area (Å²) in [4.78, 5) is 11.6. The van der Waals surface area contributed by atoms with E-state index in [9.17, 15) is 4.79 Å². The van der Waals surface area contributed by atoms with E-state index >= 15 is 0 Å². The number of aryl methyl sites for hydroxylation is 2. The molecule has 0 bridgehead atoms. The molecule has 0 saturated heterocycles. The number of halogens is 1. The van der Waals surface area contributed by atoms with E-state index < -0.39 is 5.97 Å². The van der Waals surface area contributed by atoms with E-state index in [2.05, 4.69) is 5.10 Å². The van der Waals surface area contributed by atoms with Crippen LogP contribution in [0.2, 0.25) is 5.02 Å². The van der Waals surface area contributed by atoms with Crippen LogP contribution in [0, 0.1) is 0 Å². The van der Waals surface area contributed by atoms with Gasteiger partial charge in [0.05, 0.1) is 17.3 Å². The molecule has 5 heteroatoms. The number of carbonyl (C=O) groups excluding carboxylic acids is 1. The molecule has 4 nitrogen and oxygen atoms in total. The molecule has 15 heavy (non-hydrogen) atoms. The third-order valence-electron chi connectivity index (χ3n) is 2.06. The van der Waals surface area contributed by atoms with Crippen molar-refractivity contribution in [2.75, 3.05) is 6.61 Å². The van der Waals surface area contributed by atoms with Crippen molar-refractivity contribution in [1.82, 2.24) is 9.78 Å². The maximum atomic E-state index is 11.6. The molecule has 1 aromatic rings. The Kier molecular flexibility index (Phi) is 4.15. The third-order valence-corrected chi connectivity index (χ3v) is 2.46. The Labute approximate surface area is 94.2 Å². The molecule has 0 unspecified atom stereocenters. The molecule has 84 valence electrons. The summed E-state index contributed by atoms with van der Waals surface area (Å²) < 4.78 is 6.51. The van der Waals surface area contributed by atoms with Gasteiger partial charge in [-0.05, 0) is 20.3 Å². The fraction of sp³-hybridized carbons (Fsp3) is 0.600. The van der Waals surface area contributed by atoms with Gasteiger partial charge in [0.15, 0.2) is 5.69 Å². The first-order valence-electron chi connectivity index (χ1n) is 5.07. The number of esters is 1. The van der Waals surface area contributed by atoms with E-state index in [1.807, 2.05) is 13.8 Å². The summed E-state index contributed by atoms with van der Waals surface area (Å²) in [6.07, 6.45) is 0.707. The van der Waals surface area contributed by atoms with E-state index in [0.717, 1.165) is 5.69 Å². The van der Waals surface area contributed by atoms with E-state index in [1.54, 1.807) is 11.6 Å². The third kappa shape index (κ3) is 2.31. The topological polar surface area (TPSA) is 44.1 Å². The van der Waals surface area contributed by atoms with E-state index in [1.165, 1.54) is 0 Å². The Morgan fingerprint density at radius 1 is 1.47 bits per heavy atom. The van der Waals surface area contributed by atoms with Gasteiger partial charge >= 0.3 is 5.97 Å². The molecule has 0 aliphatic carbocycles. The minimum atomic E-state index is -0.406. The van der Waals surface area contributed by atoms with Crippen LogP contribution in [-0.4, -0.2) is 22.4 Å². The van der Waals surface area contributed by atoms with E-state index in [0.29, 0.717) is 30.3 Å². The predicted octanol–water partition coefficient (Wildman–Crippen LogP) is 2.30. The summed E-state index contributed by atoms with van der Waals surface area (Å²) in [6.45, 7) is 6.56. The first kappa shape index (κ1) is 12.0. The zero-order valence-electron chi connectivity index (χ0n) is 9.21. The van der Waals surface area contributed by atoms with Crippen LogP contribution in [-0.2, 0) is 17.7 Å². The molecule has 1 rings (SSSR count). The maximum absolute atomic E-state index is 11.6. The second-order valence-electron chi connectivity index (χ2n) is 3.00. The highest BCUT2D eigenvalue weighted by Gasteiger charge is 2.21. The van der Waals surface area contributed by atoms with Gasteiger partial charge in [0.1, 0.15) is 0 Å². The lowest BCUT2D eigenvalue weighted by Gasteiger charge is -2.03. The Hall–Kier alpha value is -1.03. The SMILES string of the molecule is CCOC(=O)c1c(Cl)c(CC)nn1CC. The molecule has 1 heterocycles. The van der Waals surface area contributed by atoms with Gasteiger partial charge in [-0.15, -0.1) is 0 Å². The van der Waals surface area contributed by atoms with Gasteiger partial charge in [0, 0.05) is 6.54 Å². The maximum Gasteiger partial charge on any atom is 0.358 e. The Bertz CT molecular complexity index is 361. The molecular formula is C10H15ClN2O2. The summed E-state index contributed by atoms with van der Waals surface area (Å²) in [7, 11) is 0. The highest BCUT2D eigenvalue weighted by atomic mass is 35.5. The molecule has 0 aliphatic heterocycles. The van der Waals surface area contributed by atoms with E-state index in [-0.39, 0.29) is 0 Å². The average Bonchev–Trinajstić information content (AvgIpc) is 2.55. The van der Waals surface area contributed by atoms with Gasteiger partial charge in [0.25, 0.3) is 0 Å². The van der Waals surface area contributed by atoms with Gasteiger partial charge in [-0.3, -0.25) is 4.68 Å². The van der Waals surface area contributed by atoms with Crippen molar-refractivity contribution in [3.63, 3.8) is 0 Å². The molecule has 0 aromatic carbocycles. The van der Waals surface area contributed by atoms with E-state index in [4.69, 9.17) is 16.3 Å². The van der Waals surface area contributed by atoms with Gasteiger partial charge < -0.3 is 4.74 Å². The fourth-order valence-electron chi connectivity index (χ4n) is 1.34. The fourth-order valence-corrected chi connectivity index (χ4v) is 1.68. The van der Waals surface area contributed by atoms with Crippen molar-refractivity contribution in [2.45, 2.75) is 33.7 Å². The van der Waals surface area contributed by atoms with Crippen molar-refractivity contribution in [1.29, 1.82) is 0 Å². The Morgan fingerprint density at radius 2 is 2.13 bits per heavy atom. The van der Waals surface area contributed by atoms with Gasteiger partial charge in [-0.2, -0.15) is 5.10 Å². The van der Waals surface area contributed by atoms with Crippen LogP contribution < -0.4 is 0 Å². The lowest BCUT2D eigenvalue weighted by Crippen LogP contribution is -2.12. The van der Waals surface area contributed by atoms with Crippen LogP contribution in [0.4, 0.5) is 0 Å². The lowest BCUT2D eigenvalue weighted by molar-refractivity contribution is 0.0512. The number of ether oxygens (including phenoxy) is 1. The van der Waals surface area contributed by atoms with Crippen molar-refractivity contribution in [2.24, 2.45) is 0 Å². The van der Waals surface area contributed by atoms with Crippen LogP contribution in [0.3, 0.4) is 0 Å². The van der Waals surface area contributed by atoms with Crippen LogP contribution in [0.5, 0.6) is 0 Å². The standard InChI is InChI=1S/C10H15ClN2O2/c1-4-7-8(11)9(10(14)15-6-3)13(5-2)12-7/h4-6H2,1-3H3. The Balaban J connectivity index is 3.13. The van der Waals surface area contributed by atoms with Crippen LogP contribution in [0.15, 0.2) is 0 Å². The number of hydrogen-bond acceptors (Lipinski definition) is 3. The van der Waals surface area contributed by atoms with Crippen molar-refractivity contribution < 1.29 is 9.53 Å². The zero-order valence-corrected chi connectivity index (χ0v) is 9.97. The molecule has 0 spiro atoms. The first-order valence-corrected chi connectivity index (χ1v) is 5.45. The zero-order chi connectivity index (χ0) is 11.4. The number of carbonyl (C=O) groups is 1. The molecule has 0 saturated carbocycles. The number of aromatic nitrogens is 2. The van der Waals surface area contributed by atoms with Gasteiger partial charge in [-0.25, -0.2) is 4.79 Å². The molecule has 0 atom stereocenters. The van der Waals surface area contributed by atoms with Crippen molar-refractivity contribution in [3.05, 3.63) is 16.4 Å².